The van der Waals surface area contributed by atoms with E-state index in [0.29, 0.717) is 0 Å². The molecule has 2 unspecified atom stereocenters. The quantitative estimate of drug-likeness (QED) is 0.722. The SMILES string of the molecule is CC1CC(NC[Si](C)(C)C)CCN1C. The number of nitrogens with one attached hydrogen (secondary N) is 1. The molecule has 2 nitrogen and oxygen atoms in total. The van der Waals surface area contributed by atoms with Crippen LogP contribution in [0.15, 0.2) is 0 Å². The van der Waals surface area contributed by atoms with Gasteiger partial charge in [0.1, 0.15) is 0 Å². The summed E-state index contributed by atoms with van der Waals surface area (Å²) in [5.74, 6) is 0. The molecule has 1 aliphatic heterocycles. The lowest BCUT2D eigenvalue weighted by molar-refractivity contribution is 0.171. The van der Waals surface area contributed by atoms with Crippen LogP contribution in [0.25, 0.3) is 0 Å². The van der Waals surface area contributed by atoms with Crippen LogP contribution in [0, 0.1) is 0 Å². The standard InChI is InChI=1S/C11H26N2Si/c1-10-8-11(6-7-13(10)2)12-9-14(3,4)5/h10-12H,6-9H2,1-5H3. The molecular formula is C11H26N2Si. The van der Waals surface area contributed by atoms with Gasteiger partial charge in [0.15, 0.2) is 0 Å². The molecule has 0 radical (unpaired) electrons. The van der Waals surface area contributed by atoms with E-state index in [-0.39, 0.29) is 0 Å². The fourth-order valence-corrected chi connectivity index (χ4v) is 2.83. The van der Waals surface area contributed by atoms with Crippen LogP contribution in [0.5, 0.6) is 0 Å². The minimum absolute atomic E-state index is 0.753. The molecule has 1 aliphatic rings. The Morgan fingerprint density at radius 3 is 2.50 bits per heavy atom. The Labute approximate surface area is 90.1 Å². The Hall–Kier alpha value is 0.137. The average Bonchev–Trinajstić information content (AvgIpc) is 2.06. The molecule has 0 bridgehead atoms. The number of hydrogen-bond acceptors (Lipinski definition) is 2. The second-order valence-corrected chi connectivity index (χ2v) is 11.5. The van der Waals surface area contributed by atoms with Crippen molar-refractivity contribution in [2.75, 3.05) is 19.8 Å². The molecule has 2 atom stereocenters. The van der Waals surface area contributed by atoms with Crippen molar-refractivity contribution in [3.05, 3.63) is 0 Å². The van der Waals surface area contributed by atoms with Crippen molar-refractivity contribution < 1.29 is 0 Å². The summed E-state index contributed by atoms with van der Waals surface area (Å²) < 4.78 is 0. The fraction of sp³-hybridized carbons (Fsp3) is 1.00. The number of nitrogens with zero attached hydrogens (tertiary/aromatic N) is 1. The Morgan fingerprint density at radius 2 is 2.00 bits per heavy atom. The highest BCUT2D eigenvalue weighted by Crippen LogP contribution is 2.15. The van der Waals surface area contributed by atoms with Crippen molar-refractivity contribution in [1.82, 2.24) is 10.2 Å². The largest absolute Gasteiger partial charge is 0.317 e. The van der Waals surface area contributed by atoms with Crippen LogP contribution < -0.4 is 5.32 Å². The third-order valence-corrected chi connectivity index (χ3v) is 4.39. The summed E-state index contributed by atoms with van der Waals surface area (Å²) >= 11 is 0. The van der Waals surface area contributed by atoms with Crippen LogP contribution in [-0.4, -0.2) is 44.8 Å². The maximum absolute atomic E-state index is 3.75. The maximum Gasteiger partial charge on any atom is 0.0596 e. The molecule has 84 valence electrons. The number of rotatable bonds is 3. The van der Waals surface area contributed by atoms with Gasteiger partial charge in [-0.3, -0.25) is 0 Å². The Balaban J connectivity index is 2.27. The summed E-state index contributed by atoms with van der Waals surface area (Å²) in [7, 11) is 1.33. The minimum Gasteiger partial charge on any atom is -0.317 e. The molecular weight excluding hydrogens is 188 g/mol. The highest BCUT2D eigenvalue weighted by molar-refractivity contribution is 6.76. The zero-order valence-electron chi connectivity index (χ0n) is 10.4. The van der Waals surface area contributed by atoms with E-state index < -0.39 is 8.07 Å². The van der Waals surface area contributed by atoms with Crippen molar-refractivity contribution in [2.24, 2.45) is 0 Å². The molecule has 0 aliphatic carbocycles. The van der Waals surface area contributed by atoms with Crippen LogP contribution in [0.2, 0.25) is 19.6 Å². The predicted molar refractivity (Wildman–Crippen MR) is 66.5 cm³/mol. The second kappa shape index (κ2) is 4.77. The van der Waals surface area contributed by atoms with Gasteiger partial charge in [-0.15, -0.1) is 0 Å². The van der Waals surface area contributed by atoms with Gasteiger partial charge in [0.2, 0.25) is 0 Å². The Bertz CT molecular complexity index is 177. The Kier molecular flexibility index (Phi) is 4.16. The van der Waals surface area contributed by atoms with Crippen molar-refractivity contribution in [2.45, 2.75) is 51.5 Å². The Morgan fingerprint density at radius 1 is 1.36 bits per heavy atom. The van der Waals surface area contributed by atoms with Crippen LogP contribution >= 0.6 is 0 Å². The monoisotopic (exact) mass is 214 g/mol. The average molecular weight is 214 g/mol. The van der Waals surface area contributed by atoms with E-state index in [9.17, 15) is 0 Å². The van der Waals surface area contributed by atoms with Gasteiger partial charge in [0.05, 0.1) is 8.07 Å². The second-order valence-electron chi connectivity index (χ2n) is 5.99. The van der Waals surface area contributed by atoms with Gasteiger partial charge in [-0.25, -0.2) is 0 Å². The minimum atomic E-state index is -0.905. The molecule has 0 saturated carbocycles. The molecule has 14 heavy (non-hydrogen) atoms. The highest BCUT2D eigenvalue weighted by Gasteiger charge is 2.23. The van der Waals surface area contributed by atoms with Gasteiger partial charge in [-0.2, -0.15) is 0 Å². The van der Waals surface area contributed by atoms with Crippen molar-refractivity contribution in [3.63, 3.8) is 0 Å². The molecule has 0 amide bonds. The first-order valence-electron chi connectivity index (χ1n) is 5.82. The molecule has 1 N–H and O–H groups in total. The zero-order valence-corrected chi connectivity index (χ0v) is 11.4. The van der Waals surface area contributed by atoms with Crippen LogP contribution in [0.1, 0.15) is 19.8 Å². The smallest absolute Gasteiger partial charge is 0.0596 e. The van der Waals surface area contributed by atoms with Crippen LogP contribution in [0.3, 0.4) is 0 Å². The van der Waals surface area contributed by atoms with E-state index in [1.54, 1.807) is 0 Å². The summed E-state index contributed by atoms with van der Waals surface area (Å²) in [5.41, 5.74) is 0. The van der Waals surface area contributed by atoms with Gasteiger partial charge in [-0.1, -0.05) is 19.6 Å². The van der Waals surface area contributed by atoms with Crippen LogP contribution in [-0.2, 0) is 0 Å². The van der Waals surface area contributed by atoms with Gasteiger partial charge >= 0.3 is 0 Å². The van der Waals surface area contributed by atoms with Gasteiger partial charge < -0.3 is 10.2 Å². The molecule has 0 spiro atoms. The van der Waals surface area contributed by atoms with E-state index in [0.717, 1.165) is 12.1 Å². The lowest BCUT2D eigenvalue weighted by atomic mass is 9.99. The third-order valence-electron chi connectivity index (χ3n) is 3.13. The van der Waals surface area contributed by atoms with Crippen molar-refractivity contribution >= 4 is 8.07 Å². The normalized spacial score (nSPS) is 30.6. The molecule has 1 heterocycles. The lowest BCUT2D eigenvalue weighted by Crippen LogP contribution is -2.49. The summed E-state index contributed by atoms with van der Waals surface area (Å²) in [6, 6.07) is 1.52. The maximum atomic E-state index is 3.75. The number of piperidine rings is 1. The molecule has 3 heteroatoms. The van der Waals surface area contributed by atoms with Gasteiger partial charge in [0, 0.05) is 12.1 Å². The van der Waals surface area contributed by atoms with E-state index in [1.165, 1.54) is 25.6 Å². The first kappa shape index (κ1) is 12.2. The molecule has 0 aromatic rings. The zero-order chi connectivity index (χ0) is 10.8. The van der Waals surface area contributed by atoms with Crippen molar-refractivity contribution in [3.8, 4) is 0 Å². The van der Waals surface area contributed by atoms with E-state index in [4.69, 9.17) is 0 Å². The first-order chi connectivity index (χ1) is 6.38. The summed E-state index contributed by atoms with van der Waals surface area (Å²) in [6.45, 7) is 10.9. The highest BCUT2D eigenvalue weighted by atomic mass is 28.3. The number of likely N-dealkylation sites (tertiary alicyclic amines) is 1. The number of hydrogen-bond donors (Lipinski definition) is 1. The van der Waals surface area contributed by atoms with E-state index >= 15 is 0 Å². The van der Waals surface area contributed by atoms with Crippen LogP contribution in [0.4, 0.5) is 0 Å². The summed E-state index contributed by atoms with van der Waals surface area (Å²) in [6.07, 6.45) is 3.92. The van der Waals surface area contributed by atoms with Gasteiger partial charge in [0.25, 0.3) is 0 Å². The van der Waals surface area contributed by atoms with Gasteiger partial charge in [-0.05, 0) is 39.5 Å². The van der Waals surface area contributed by atoms with E-state index in [1.807, 2.05) is 0 Å². The fourth-order valence-electron chi connectivity index (χ4n) is 1.93. The summed E-state index contributed by atoms with van der Waals surface area (Å²) in [5, 5.41) is 3.75. The summed E-state index contributed by atoms with van der Waals surface area (Å²) in [4.78, 5) is 2.46. The predicted octanol–water partition coefficient (Wildman–Crippen LogP) is 1.94. The first-order valence-corrected chi connectivity index (χ1v) is 9.53. The molecule has 1 rings (SSSR count). The third kappa shape index (κ3) is 4.11. The van der Waals surface area contributed by atoms with E-state index in [2.05, 4.69) is 43.8 Å². The topological polar surface area (TPSA) is 15.3 Å². The molecule has 0 aromatic heterocycles. The molecule has 1 saturated heterocycles. The molecule has 0 aromatic carbocycles. The molecule has 1 fully saturated rings. The van der Waals surface area contributed by atoms with Crippen molar-refractivity contribution in [1.29, 1.82) is 0 Å². The lowest BCUT2D eigenvalue weighted by Gasteiger charge is -2.36.